The quantitative estimate of drug-likeness (QED) is 0.377. The van der Waals surface area contributed by atoms with Gasteiger partial charge in [-0.05, 0) is 66.7 Å². The first-order valence-electron chi connectivity index (χ1n) is 9.14. The van der Waals surface area contributed by atoms with Crippen LogP contribution in [0.3, 0.4) is 0 Å². The number of rotatable bonds is 5. The summed E-state index contributed by atoms with van der Waals surface area (Å²) >= 11 is 11.9. The van der Waals surface area contributed by atoms with Gasteiger partial charge in [-0.1, -0.05) is 23.2 Å². The predicted molar refractivity (Wildman–Crippen MR) is 124 cm³/mol. The Kier molecular flexibility index (Phi) is 5.92. The van der Waals surface area contributed by atoms with Crippen LogP contribution in [-0.2, 0) is 10.0 Å². The highest BCUT2D eigenvalue weighted by atomic mass is 35.5. The Morgan fingerprint density at radius 3 is 2.31 bits per heavy atom. The smallest absolute Gasteiger partial charge is 0.336 e. The summed E-state index contributed by atoms with van der Waals surface area (Å²) in [6, 6.07) is 17.6. The number of benzene rings is 3. The van der Waals surface area contributed by atoms with Gasteiger partial charge in [-0.3, -0.25) is 9.52 Å². The van der Waals surface area contributed by atoms with Crippen LogP contribution < -0.4 is 15.7 Å². The zero-order chi connectivity index (χ0) is 22.9. The minimum absolute atomic E-state index is 0.0382. The van der Waals surface area contributed by atoms with E-state index in [0.29, 0.717) is 27.4 Å². The van der Waals surface area contributed by atoms with Crippen LogP contribution in [0.1, 0.15) is 10.4 Å². The van der Waals surface area contributed by atoms with E-state index in [0.717, 1.165) is 0 Å². The van der Waals surface area contributed by atoms with Crippen LogP contribution in [0, 0.1) is 0 Å². The van der Waals surface area contributed by atoms with Gasteiger partial charge in [0.25, 0.3) is 15.9 Å². The van der Waals surface area contributed by atoms with E-state index in [1.165, 1.54) is 36.4 Å². The van der Waals surface area contributed by atoms with E-state index in [1.54, 1.807) is 36.4 Å². The maximum atomic E-state index is 12.8. The molecule has 1 heterocycles. The third-order valence-electron chi connectivity index (χ3n) is 4.46. The van der Waals surface area contributed by atoms with Gasteiger partial charge in [0.1, 0.15) is 10.5 Å². The molecule has 0 aliphatic heterocycles. The van der Waals surface area contributed by atoms with Crippen molar-refractivity contribution in [2.45, 2.75) is 4.90 Å². The number of sulfonamides is 1. The van der Waals surface area contributed by atoms with E-state index in [-0.39, 0.29) is 15.5 Å². The average Bonchev–Trinajstić information content (AvgIpc) is 2.75. The normalized spacial score (nSPS) is 11.3. The molecule has 0 aliphatic rings. The van der Waals surface area contributed by atoms with Crippen molar-refractivity contribution in [3.8, 4) is 0 Å². The van der Waals surface area contributed by atoms with Gasteiger partial charge in [-0.25, -0.2) is 13.2 Å². The molecule has 1 aromatic heterocycles. The topological polar surface area (TPSA) is 105 Å². The minimum atomic E-state index is -4.07. The number of nitrogens with one attached hydrogen (secondary N) is 2. The summed E-state index contributed by atoms with van der Waals surface area (Å²) in [5.41, 5.74) is 0.726. The average molecular weight is 489 g/mol. The van der Waals surface area contributed by atoms with Crippen LogP contribution in [0.2, 0.25) is 10.0 Å². The number of fused-ring (bicyclic) bond motifs is 1. The second kappa shape index (κ2) is 8.66. The highest BCUT2D eigenvalue weighted by Crippen LogP contribution is 2.26. The summed E-state index contributed by atoms with van der Waals surface area (Å²) in [6.45, 7) is 0. The lowest BCUT2D eigenvalue weighted by Gasteiger charge is -2.12. The first-order valence-corrected chi connectivity index (χ1v) is 11.4. The molecule has 2 N–H and O–H groups in total. The largest absolute Gasteiger partial charge is 0.423 e. The number of carbonyl (C=O) groups is 1. The maximum absolute atomic E-state index is 12.8. The molecule has 0 saturated heterocycles. The van der Waals surface area contributed by atoms with Gasteiger partial charge in [-0.2, -0.15) is 0 Å². The molecular formula is C22H14Cl2N2O5S. The molecule has 3 aromatic carbocycles. The highest BCUT2D eigenvalue weighted by molar-refractivity contribution is 7.92. The second-order valence-electron chi connectivity index (χ2n) is 6.72. The Hall–Kier alpha value is -3.33. The third-order valence-corrected chi connectivity index (χ3v) is 6.57. The number of carbonyl (C=O) groups excluding carboxylic acids is 1. The lowest BCUT2D eigenvalue weighted by atomic mass is 10.2. The molecule has 0 radical (unpaired) electrons. The lowest BCUT2D eigenvalue weighted by molar-refractivity contribution is 0.102. The van der Waals surface area contributed by atoms with E-state index < -0.39 is 21.6 Å². The summed E-state index contributed by atoms with van der Waals surface area (Å²) in [7, 11) is -4.07. The summed E-state index contributed by atoms with van der Waals surface area (Å²) in [6.07, 6.45) is 0. The Balaban J connectivity index is 1.60. The molecule has 4 aromatic rings. The first kappa shape index (κ1) is 21.9. The zero-order valence-electron chi connectivity index (χ0n) is 16.1. The molecule has 7 nitrogen and oxygen atoms in total. The van der Waals surface area contributed by atoms with Crippen LogP contribution >= 0.6 is 23.2 Å². The molecule has 0 fully saturated rings. The van der Waals surface area contributed by atoms with Crippen LogP contribution in [0.4, 0.5) is 11.4 Å². The standard InChI is InChI=1S/C22H14Cl2N2O5S/c23-15-3-5-16(6-4-15)26-32(29,30)20-12-14(1-8-18(20)24)22(28)25-17-7-9-19-13(11-17)2-10-21(27)31-19/h1-12,26H,(H,25,28). The monoisotopic (exact) mass is 488 g/mol. The van der Waals surface area contributed by atoms with Gasteiger partial charge >= 0.3 is 5.63 Å². The van der Waals surface area contributed by atoms with Crippen molar-refractivity contribution < 1.29 is 17.6 Å². The number of halogens is 2. The minimum Gasteiger partial charge on any atom is -0.423 e. The van der Waals surface area contributed by atoms with Crippen LogP contribution in [0.5, 0.6) is 0 Å². The Bertz CT molecular complexity index is 1500. The van der Waals surface area contributed by atoms with Crippen molar-refractivity contribution >= 4 is 61.5 Å². The van der Waals surface area contributed by atoms with E-state index in [2.05, 4.69) is 10.0 Å². The van der Waals surface area contributed by atoms with Crippen LogP contribution in [-0.4, -0.2) is 14.3 Å². The molecule has 0 saturated carbocycles. The Labute approximate surface area is 192 Å². The Morgan fingerprint density at radius 1 is 0.844 bits per heavy atom. The van der Waals surface area contributed by atoms with E-state index in [9.17, 15) is 18.0 Å². The maximum Gasteiger partial charge on any atom is 0.336 e. The van der Waals surface area contributed by atoms with E-state index >= 15 is 0 Å². The van der Waals surface area contributed by atoms with Gasteiger partial charge in [-0.15, -0.1) is 0 Å². The molecule has 1 amide bonds. The molecule has 4 rings (SSSR count). The molecule has 0 aliphatic carbocycles. The van der Waals surface area contributed by atoms with Gasteiger partial charge in [0.2, 0.25) is 0 Å². The van der Waals surface area contributed by atoms with Gasteiger partial charge in [0.15, 0.2) is 0 Å². The SMILES string of the molecule is O=C(Nc1ccc2oc(=O)ccc2c1)c1ccc(Cl)c(S(=O)(=O)Nc2ccc(Cl)cc2)c1. The fraction of sp³-hybridized carbons (Fsp3) is 0. The second-order valence-corrected chi connectivity index (χ2v) is 9.21. The zero-order valence-corrected chi connectivity index (χ0v) is 18.5. The molecule has 162 valence electrons. The summed E-state index contributed by atoms with van der Waals surface area (Å²) in [5, 5.41) is 3.73. The summed E-state index contributed by atoms with van der Waals surface area (Å²) < 4.78 is 33.1. The van der Waals surface area contributed by atoms with Gasteiger partial charge in [0.05, 0.1) is 5.02 Å². The molecule has 0 atom stereocenters. The summed E-state index contributed by atoms with van der Waals surface area (Å²) in [4.78, 5) is 23.8. The van der Waals surface area contributed by atoms with Crippen LogP contribution in [0.25, 0.3) is 11.0 Å². The third kappa shape index (κ3) is 4.77. The summed E-state index contributed by atoms with van der Waals surface area (Å²) in [5.74, 6) is -0.540. The van der Waals surface area contributed by atoms with Crippen LogP contribution in [0.15, 0.2) is 86.9 Å². The van der Waals surface area contributed by atoms with Crippen molar-refractivity contribution in [1.82, 2.24) is 0 Å². The van der Waals surface area contributed by atoms with Crippen molar-refractivity contribution in [2.75, 3.05) is 10.0 Å². The fourth-order valence-corrected chi connectivity index (χ4v) is 4.64. The lowest BCUT2D eigenvalue weighted by Crippen LogP contribution is -2.16. The molecule has 0 bridgehead atoms. The van der Waals surface area contributed by atoms with Gasteiger partial charge in [0, 0.05) is 33.4 Å². The molecule has 10 heteroatoms. The number of hydrogen-bond donors (Lipinski definition) is 2. The van der Waals surface area contributed by atoms with E-state index in [4.69, 9.17) is 27.6 Å². The van der Waals surface area contributed by atoms with Crippen molar-refractivity contribution in [2.24, 2.45) is 0 Å². The van der Waals surface area contributed by atoms with Crippen molar-refractivity contribution in [3.05, 3.63) is 98.8 Å². The highest BCUT2D eigenvalue weighted by Gasteiger charge is 2.21. The number of amides is 1. The Morgan fingerprint density at radius 2 is 1.56 bits per heavy atom. The molecule has 32 heavy (non-hydrogen) atoms. The first-order chi connectivity index (χ1) is 15.2. The predicted octanol–water partition coefficient (Wildman–Crippen LogP) is 5.15. The number of anilines is 2. The molecule has 0 unspecified atom stereocenters. The van der Waals surface area contributed by atoms with Crippen molar-refractivity contribution in [3.63, 3.8) is 0 Å². The number of hydrogen-bond acceptors (Lipinski definition) is 5. The fourth-order valence-electron chi connectivity index (χ4n) is 2.93. The molecule has 0 spiro atoms. The van der Waals surface area contributed by atoms with Gasteiger partial charge < -0.3 is 9.73 Å². The molecular weight excluding hydrogens is 475 g/mol. The van der Waals surface area contributed by atoms with E-state index in [1.807, 2.05) is 0 Å². The van der Waals surface area contributed by atoms with Crippen molar-refractivity contribution in [1.29, 1.82) is 0 Å².